The molecule has 0 spiro atoms. The summed E-state index contributed by atoms with van der Waals surface area (Å²) >= 11 is 0. The summed E-state index contributed by atoms with van der Waals surface area (Å²) in [6.07, 6.45) is 44.5. The summed E-state index contributed by atoms with van der Waals surface area (Å²) in [7, 11) is -4.31. The van der Waals surface area contributed by atoms with Crippen molar-refractivity contribution in [2.24, 2.45) is 0 Å². The summed E-state index contributed by atoms with van der Waals surface area (Å²) in [5.74, 6) is -0.900. The molecule has 0 heterocycles. The lowest BCUT2D eigenvalue weighted by atomic mass is 10.0. The van der Waals surface area contributed by atoms with E-state index in [1.807, 2.05) is 0 Å². The Kier molecular flexibility index (Phi) is 36.2. The van der Waals surface area contributed by atoms with Crippen LogP contribution in [0.4, 0.5) is 0 Å². The molecule has 2 atom stereocenters. The van der Waals surface area contributed by atoms with Crippen LogP contribution in [0.15, 0.2) is 12.2 Å². The number of hydrogen-bond donors (Lipinski definition) is 3. The number of aliphatic hydroxyl groups is 1. The second kappa shape index (κ2) is 36.9. The first-order valence-electron chi connectivity index (χ1n) is 21.4. The Balaban J connectivity index is 3.79. The summed E-state index contributed by atoms with van der Waals surface area (Å²) in [5.41, 5.74) is 0. The molecule has 1 amide bonds. The first kappa shape index (κ1) is 48.1. The average molecular weight is 714 g/mol. The summed E-state index contributed by atoms with van der Waals surface area (Å²) in [6.45, 7) is 4.51. The van der Waals surface area contributed by atoms with Crippen LogP contribution < -0.4 is 5.32 Å². The molecule has 0 aliphatic heterocycles. The van der Waals surface area contributed by atoms with Crippen molar-refractivity contribution in [2.45, 2.75) is 244 Å². The lowest BCUT2D eigenvalue weighted by molar-refractivity contribution is -0.122. The number of carbonyl (C=O) groups is 1. The molecule has 0 radical (unpaired) electrons. The Hall–Kier alpha value is -0.920. The molecule has 0 aromatic heterocycles. The normalized spacial score (nSPS) is 13.3. The molecule has 0 fully saturated rings. The molecule has 292 valence electrons. The van der Waals surface area contributed by atoms with Crippen LogP contribution >= 0.6 is 0 Å². The lowest BCUT2D eigenvalue weighted by Gasteiger charge is -2.23. The fourth-order valence-corrected chi connectivity index (χ4v) is 7.50. The highest BCUT2D eigenvalue weighted by molar-refractivity contribution is 7.85. The van der Waals surface area contributed by atoms with Gasteiger partial charge in [0, 0.05) is 6.42 Å². The number of aliphatic hydroxyl groups excluding tert-OH is 1. The zero-order valence-electron chi connectivity index (χ0n) is 32.6. The molecular weight excluding hydrogens is 631 g/mol. The Morgan fingerprint density at radius 1 is 0.531 bits per heavy atom. The molecule has 3 N–H and O–H groups in total. The van der Waals surface area contributed by atoms with Gasteiger partial charge in [-0.15, -0.1) is 0 Å². The summed E-state index contributed by atoms with van der Waals surface area (Å²) in [6, 6.07) is -0.971. The van der Waals surface area contributed by atoms with Crippen molar-refractivity contribution in [2.75, 3.05) is 5.75 Å². The van der Waals surface area contributed by atoms with Crippen molar-refractivity contribution in [3.63, 3.8) is 0 Å². The summed E-state index contributed by atoms with van der Waals surface area (Å²) in [5, 5.41) is 13.4. The quantitative estimate of drug-likeness (QED) is 0.0334. The zero-order chi connectivity index (χ0) is 36.1. The summed E-state index contributed by atoms with van der Waals surface area (Å²) in [4.78, 5) is 12.5. The van der Waals surface area contributed by atoms with E-state index in [0.29, 0.717) is 12.8 Å². The van der Waals surface area contributed by atoms with Crippen LogP contribution in [0, 0.1) is 0 Å². The van der Waals surface area contributed by atoms with Gasteiger partial charge in [-0.05, 0) is 38.5 Å². The molecule has 0 rings (SSSR count). The lowest BCUT2D eigenvalue weighted by Crippen LogP contribution is -2.47. The first-order chi connectivity index (χ1) is 23.8. The van der Waals surface area contributed by atoms with Gasteiger partial charge in [-0.3, -0.25) is 9.35 Å². The van der Waals surface area contributed by atoms with E-state index in [-0.39, 0.29) is 5.91 Å². The maximum Gasteiger partial charge on any atom is 0.266 e. The zero-order valence-corrected chi connectivity index (χ0v) is 33.4. The minimum Gasteiger partial charge on any atom is -0.391 e. The number of carbonyl (C=O) groups excluding carboxylic acids is 1. The smallest absolute Gasteiger partial charge is 0.266 e. The molecule has 2 unspecified atom stereocenters. The second-order valence-corrected chi connectivity index (χ2v) is 16.5. The largest absolute Gasteiger partial charge is 0.391 e. The molecule has 7 heteroatoms. The SMILES string of the molecule is CCCCCC/C=C\CCCCCCCC(=O)NC(CS(=O)(=O)O)C(O)CCCCCCCCCCCCCCCCCCCCCCC. The number of hydrogen-bond acceptors (Lipinski definition) is 4. The van der Waals surface area contributed by atoms with E-state index in [1.54, 1.807) is 0 Å². The Labute approximate surface area is 305 Å². The van der Waals surface area contributed by atoms with Crippen molar-refractivity contribution in [3.8, 4) is 0 Å². The predicted octanol–water partition coefficient (Wildman–Crippen LogP) is 12.6. The van der Waals surface area contributed by atoms with E-state index < -0.39 is 28.0 Å². The van der Waals surface area contributed by atoms with Crippen LogP contribution in [0.5, 0.6) is 0 Å². The third-order valence-electron chi connectivity index (χ3n) is 9.97. The minimum atomic E-state index is -4.31. The van der Waals surface area contributed by atoms with Crippen molar-refractivity contribution < 1.29 is 22.9 Å². The van der Waals surface area contributed by atoms with Gasteiger partial charge in [0.25, 0.3) is 10.1 Å². The predicted molar refractivity (Wildman–Crippen MR) is 212 cm³/mol. The monoisotopic (exact) mass is 714 g/mol. The second-order valence-electron chi connectivity index (χ2n) is 15.0. The van der Waals surface area contributed by atoms with Crippen molar-refractivity contribution in [1.29, 1.82) is 0 Å². The molecule has 0 aliphatic carbocycles. The number of rotatable bonds is 39. The number of amides is 1. The molecular formula is C42H83NO5S. The van der Waals surface area contributed by atoms with E-state index in [9.17, 15) is 22.9 Å². The average Bonchev–Trinajstić information content (AvgIpc) is 3.06. The standard InChI is InChI=1S/C42H83NO5S/c1-3-5-7-9-11-13-15-17-18-19-20-21-22-23-24-26-27-29-31-33-35-37-41(44)40(39-49(46,47)48)43-42(45)38-36-34-32-30-28-25-16-14-12-10-8-6-4-2/h14,16,40-41,44H,3-13,15,17-39H2,1-2H3,(H,43,45)(H,46,47,48)/b16-14-. The van der Waals surface area contributed by atoms with Crippen LogP contribution in [0.25, 0.3) is 0 Å². The Bertz CT molecular complexity index is 831. The minimum absolute atomic E-state index is 0.252. The van der Waals surface area contributed by atoms with Gasteiger partial charge in [-0.25, -0.2) is 0 Å². The number of allylic oxidation sites excluding steroid dienone is 2. The Morgan fingerprint density at radius 2 is 0.857 bits per heavy atom. The van der Waals surface area contributed by atoms with Gasteiger partial charge in [0.05, 0.1) is 17.9 Å². The molecule has 0 aromatic rings. The van der Waals surface area contributed by atoms with Gasteiger partial charge in [-0.1, -0.05) is 199 Å². The van der Waals surface area contributed by atoms with E-state index in [4.69, 9.17) is 0 Å². The molecule has 49 heavy (non-hydrogen) atoms. The molecule has 6 nitrogen and oxygen atoms in total. The number of unbranched alkanes of at least 4 members (excludes halogenated alkanes) is 29. The van der Waals surface area contributed by atoms with E-state index in [0.717, 1.165) is 51.4 Å². The molecule has 0 bridgehead atoms. The third-order valence-corrected chi connectivity index (χ3v) is 10.8. The highest BCUT2D eigenvalue weighted by Crippen LogP contribution is 2.17. The van der Waals surface area contributed by atoms with Crippen LogP contribution in [0.3, 0.4) is 0 Å². The van der Waals surface area contributed by atoms with E-state index in [1.165, 1.54) is 154 Å². The summed E-state index contributed by atoms with van der Waals surface area (Å²) < 4.78 is 32.5. The maximum atomic E-state index is 12.5. The van der Waals surface area contributed by atoms with Gasteiger partial charge >= 0.3 is 0 Å². The number of nitrogens with one attached hydrogen (secondary N) is 1. The van der Waals surface area contributed by atoms with E-state index >= 15 is 0 Å². The van der Waals surface area contributed by atoms with Gasteiger partial charge < -0.3 is 10.4 Å². The fraction of sp³-hybridized carbons (Fsp3) is 0.929. The maximum absolute atomic E-state index is 12.5. The molecule has 0 aliphatic rings. The van der Waals surface area contributed by atoms with E-state index in [2.05, 4.69) is 31.3 Å². The van der Waals surface area contributed by atoms with Gasteiger partial charge in [0.1, 0.15) is 0 Å². The van der Waals surface area contributed by atoms with Gasteiger partial charge in [-0.2, -0.15) is 8.42 Å². The molecule has 0 saturated heterocycles. The highest BCUT2D eigenvalue weighted by atomic mass is 32.2. The van der Waals surface area contributed by atoms with Crippen LogP contribution in [-0.4, -0.2) is 41.9 Å². The Morgan fingerprint density at radius 3 is 1.24 bits per heavy atom. The van der Waals surface area contributed by atoms with Crippen molar-refractivity contribution >= 4 is 16.0 Å². The van der Waals surface area contributed by atoms with Crippen molar-refractivity contribution in [3.05, 3.63) is 12.2 Å². The van der Waals surface area contributed by atoms with Crippen molar-refractivity contribution in [1.82, 2.24) is 5.32 Å². The third kappa shape index (κ3) is 38.1. The first-order valence-corrected chi connectivity index (χ1v) is 23.0. The van der Waals surface area contributed by atoms with Crippen LogP contribution in [0.2, 0.25) is 0 Å². The van der Waals surface area contributed by atoms with Gasteiger partial charge in [0.15, 0.2) is 0 Å². The van der Waals surface area contributed by atoms with Gasteiger partial charge in [0.2, 0.25) is 5.91 Å². The molecule has 0 saturated carbocycles. The van der Waals surface area contributed by atoms with Crippen LogP contribution in [0.1, 0.15) is 232 Å². The fourth-order valence-electron chi connectivity index (χ4n) is 6.74. The van der Waals surface area contributed by atoms with Crippen LogP contribution in [-0.2, 0) is 14.9 Å². The topological polar surface area (TPSA) is 104 Å². The molecule has 0 aromatic carbocycles. The highest BCUT2D eigenvalue weighted by Gasteiger charge is 2.26.